The van der Waals surface area contributed by atoms with Crippen molar-refractivity contribution in [2.45, 2.75) is 6.42 Å². The van der Waals surface area contributed by atoms with E-state index in [2.05, 4.69) is 10.2 Å². The Balaban J connectivity index is 2.49. The second-order valence-corrected chi connectivity index (χ2v) is 1.80. The van der Waals surface area contributed by atoms with Crippen LogP contribution >= 0.6 is 0 Å². The lowest BCUT2D eigenvalue weighted by atomic mass is 10.3. The number of rotatable bonds is 2. The first kappa shape index (κ1) is 6.56. The SMILES string of the molecule is N#CCC=Cc1cn[nH]c1. The van der Waals surface area contributed by atoms with Crippen LogP contribution < -0.4 is 0 Å². The van der Waals surface area contributed by atoms with Crippen molar-refractivity contribution in [3.05, 3.63) is 24.0 Å². The van der Waals surface area contributed by atoms with Crippen LogP contribution in [0, 0.1) is 11.3 Å². The van der Waals surface area contributed by atoms with Crippen molar-refractivity contribution in [1.29, 1.82) is 5.26 Å². The van der Waals surface area contributed by atoms with E-state index in [1.807, 2.05) is 12.1 Å². The van der Waals surface area contributed by atoms with Crippen molar-refractivity contribution in [3.8, 4) is 6.07 Å². The van der Waals surface area contributed by atoms with Gasteiger partial charge in [-0.2, -0.15) is 10.4 Å². The van der Waals surface area contributed by atoms with Gasteiger partial charge in [0, 0.05) is 11.8 Å². The number of nitrogens with zero attached hydrogens (tertiary/aromatic N) is 2. The van der Waals surface area contributed by atoms with Gasteiger partial charge in [0.15, 0.2) is 0 Å². The van der Waals surface area contributed by atoms with Crippen molar-refractivity contribution >= 4 is 6.08 Å². The van der Waals surface area contributed by atoms with E-state index in [4.69, 9.17) is 5.26 Å². The highest BCUT2D eigenvalue weighted by Crippen LogP contribution is 1.96. The first-order valence-electron chi connectivity index (χ1n) is 2.96. The molecule has 0 aliphatic rings. The summed E-state index contributed by atoms with van der Waals surface area (Å²) in [7, 11) is 0. The van der Waals surface area contributed by atoms with Gasteiger partial charge in [-0.3, -0.25) is 5.10 Å². The van der Waals surface area contributed by atoms with Gasteiger partial charge in [0.05, 0.1) is 18.7 Å². The van der Waals surface area contributed by atoms with Gasteiger partial charge in [0.2, 0.25) is 0 Å². The molecule has 1 N–H and O–H groups in total. The molecule has 1 aromatic rings. The van der Waals surface area contributed by atoms with E-state index in [9.17, 15) is 0 Å². The zero-order valence-corrected chi connectivity index (χ0v) is 5.41. The predicted molar refractivity (Wildman–Crippen MR) is 37.9 cm³/mol. The topological polar surface area (TPSA) is 52.5 Å². The van der Waals surface area contributed by atoms with Crippen LogP contribution in [0.4, 0.5) is 0 Å². The Morgan fingerprint density at radius 1 is 1.80 bits per heavy atom. The standard InChI is InChI=1S/C7H7N3/c8-4-2-1-3-7-5-9-10-6-7/h1,3,5-6H,2H2,(H,9,10). The van der Waals surface area contributed by atoms with Crippen LogP contribution in [0.3, 0.4) is 0 Å². The van der Waals surface area contributed by atoms with Crippen LogP contribution in [-0.4, -0.2) is 10.2 Å². The van der Waals surface area contributed by atoms with Gasteiger partial charge in [0.25, 0.3) is 0 Å². The van der Waals surface area contributed by atoms with Crippen LogP contribution in [0.15, 0.2) is 18.5 Å². The lowest BCUT2D eigenvalue weighted by Gasteiger charge is -1.76. The summed E-state index contributed by atoms with van der Waals surface area (Å²) in [5.41, 5.74) is 0.996. The van der Waals surface area contributed by atoms with E-state index in [1.165, 1.54) is 0 Å². The van der Waals surface area contributed by atoms with E-state index in [0.717, 1.165) is 5.56 Å². The minimum Gasteiger partial charge on any atom is -0.285 e. The number of H-pyrrole nitrogens is 1. The van der Waals surface area contributed by atoms with Crippen molar-refractivity contribution in [2.75, 3.05) is 0 Å². The Morgan fingerprint density at radius 2 is 2.70 bits per heavy atom. The normalized spacial score (nSPS) is 9.90. The number of nitriles is 1. The second kappa shape index (κ2) is 3.46. The predicted octanol–water partition coefficient (Wildman–Crippen LogP) is 1.34. The molecule has 3 nitrogen and oxygen atoms in total. The maximum atomic E-state index is 8.17. The molecule has 3 heteroatoms. The minimum absolute atomic E-state index is 0.450. The second-order valence-electron chi connectivity index (χ2n) is 1.80. The molecule has 1 aromatic heterocycles. The summed E-state index contributed by atoms with van der Waals surface area (Å²) >= 11 is 0. The lowest BCUT2D eigenvalue weighted by Crippen LogP contribution is -1.60. The Labute approximate surface area is 59.0 Å². The smallest absolute Gasteiger partial charge is 0.0663 e. The Hall–Kier alpha value is -1.56. The number of hydrogen-bond donors (Lipinski definition) is 1. The van der Waals surface area contributed by atoms with Crippen molar-refractivity contribution in [1.82, 2.24) is 10.2 Å². The fourth-order valence-corrected chi connectivity index (χ4v) is 0.600. The summed E-state index contributed by atoms with van der Waals surface area (Å²) in [5.74, 6) is 0. The zero-order chi connectivity index (χ0) is 7.23. The fraction of sp³-hybridized carbons (Fsp3) is 0.143. The summed E-state index contributed by atoms with van der Waals surface area (Å²) in [5, 5.41) is 14.6. The van der Waals surface area contributed by atoms with Crippen LogP contribution in [0.25, 0.3) is 6.08 Å². The highest BCUT2D eigenvalue weighted by molar-refractivity contribution is 5.46. The fourth-order valence-electron chi connectivity index (χ4n) is 0.600. The van der Waals surface area contributed by atoms with E-state index < -0.39 is 0 Å². The number of aromatic amines is 1. The lowest BCUT2D eigenvalue weighted by molar-refractivity contribution is 1.09. The molecule has 0 aliphatic carbocycles. The molecule has 0 amide bonds. The molecular formula is C7H7N3. The summed E-state index contributed by atoms with van der Waals surface area (Å²) in [4.78, 5) is 0. The maximum absolute atomic E-state index is 8.17. The molecule has 0 atom stereocenters. The van der Waals surface area contributed by atoms with Gasteiger partial charge in [-0.15, -0.1) is 0 Å². The third-order valence-corrected chi connectivity index (χ3v) is 1.04. The first-order chi connectivity index (χ1) is 4.93. The van der Waals surface area contributed by atoms with Gasteiger partial charge in [-0.05, 0) is 0 Å². The Bertz CT molecular complexity index is 240. The molecule has 0 saturated carbocycles. The quantitative estimate of drug-likeness (QED) is 0.661. The third kappa shape index (κ3) is 1.75. The molecule has 0 fully saturated rings. The van der Waals surface area contributed by atoms with E-state index >= 15 is 0 Å². The molecule has 50 valence electrons. The van der Waals surface area contributed by atoms with Crippen molar-refractivity contribution in [2.24, 2.45) is 0 Å². The van der Waals surface area contributed by atoms with Crippen molar-refractivity contribution in [3.63, 3.8) is 0 Å². The number of hydrogen-bond acceptors (Lipinski definition) is 2. The summed E-state index contributed by atoms with van der Waals surface area (Å²) in [6, 6.07) is 2.01. The van der Waals surface area contributed by atoms with Gasteiger partial charge in [-0.1, -0.05) is 12.2 Å². The van der Waals surface area contributed by atoms with Gasteiger partial charge in [0.1, 0.15) is 0 Å². The Kier molecular flexibility index (Phi) is 2.27. The molecule has 1 rings (SSSR count). The molecule has 0 unspecified atom stereocenters. The van der Waals surface area contributed by atoms with Crippen LogP contribution in [0.2, 0.25) is 0 Å². The van der Waals surface area contributed by atoms with Crippen LogP contribution in [-0.2, 0) is 0 Å². The van der Waals surface area contributed by atoms with Gasteiger partial charge >= 0.3 is 0 Å². The highest BCUT2D eigenvalue weighted by Gasteiger charge is 1.82. The molecular weight excluding hydrogens is 126 g/mol. The largest absolute Gasteiger partial charge is 0.285 e. The summed E-state index contributed by atoms with van der Waals surface area (Å²) < 4.78 is 0. The van der Waals surface area contributed by atoms with E-state index in [0.29, 0.717) is 6.42 Å². The van der Waals surface area contributed by atoms with E-state index in [-0.39, 0.29) is 0 Å². The Morgan fingerprint density at radius 3 is 3.30 bits per heavy atom. The van der Waals surface area contributed by atoms with Crippen LogP contribution in [0.1, 0.15) is 12.0 Å². The molecule has 0 aliphatic heterocycles. The van der Waals surface area contributed by atoms with E-state index in [1.54, 1.807) is 18.5 Å². The average molecular weight is 133 g/mol. The molecule has 10 heavy (non-hydrogen) atoms. The molecule has 0 saturated heterocycles. The molecule has 0 bridgehead atoms. The van der Waals surface area contributed by atoms with Crippen LogP contribution in [0.5, 0.6) is 0 Å². The minimum atomic E-state index is 0.450. The third-order valence-electron chi connectivity index (χ3n) is 1.04. The number of allylic oxidation sites excluding steroid dienone is 1. The van der Waals surface area contributed by atoms with Crippen molar-refractivity contribution < 1.29 is 0 Å². The molecule has 0 radical (unpaired) electrons. The summed E-state index contributed by atoms with van der Waals surface area (Å²) in [6.45, 7) is 0. The zero-order valence-electron chi connectivity index (χ0n) is 5.41. The number of aromatic nitrogens is 2. The molecule has 0 aromatic carbocycles. The monoisotopic (exact) mass is 133 g/mol. The highest BCUT2D eigenvalue weighted by atomic mass is 15.1. The molecule has 0 spiro atoms. The maximum Gasteiger partial charge on any atom is 0.0663 e. The van der Waals surface area contributed by atoms with Gasteiger partial charge in [-0.25, -0.2) is 0 Å². The van der Waals surface area contributed by atoms with Gasteiger partial charge < -0.3 is 0 Å². The first-order valence-corrected chi connectivity index (χ1v) is 2.96. The summed E-state index contributed by atoms with van der Waals surface area (Å²) in [6.07, 6.45) is 7.57. The number of nitrogens with one attached hydrogen (secondary N) is 1. The average Bonchev–Trinajstić information content (AvgIpc) is 2.41. The molecule has 1 heterocycles.